The van der Waals surface area contributed by atoms with E-state index in [4.69, 9.17) is 4.98 Å². The number of aromatic amines is 1. The van der Waals surface area contributed by atoms with Gasteiger partial charge in [-0.25, -0.2) is 9.37 Å². The first-order valence-corrected chi connectivity index (χ1v) is 11.4. The van der Waals surface area contributed by atoms with Crippen molar-refractivity contribution in [3.05, 3.63) is 53.5 Å². The number of pyridine rings is 1. The first-order valence-electron chi connectivity index (χ1n) is 11.4. The van der Waals surface area contributed by atoms with Gasteiger partial charge in [-0.2, -0.15) is 5.10 Å². The molecule has 1 aromatic carbocycles. The van der Waals surface area contributed by atoms with Crippen LogP contribution in [0.25, 0.3) is 11.0 Å². The third-order valence-corrected chi connectivity index (χ3v) is 6.69. The third kappa shape index (κ3) is 4.32. The molecular weight excluding hydrogens is 407 g/mol. The smallest absolute Gasteiger partial charge is 0.227 e. The number of carbonyl (C=O) groups is 1. The topological polar surface area (TPSA) is 77.2 Å². The average Bonchev–Trinajstić information content (AvgIpc) is 3.44. The molecule has 1 unspecified atom stereocenters. The van der Waals surface area contributed by atoms with E-state index in [0.29, 0.717) is 6.04 Å². The van der Waals surface area contributed by atoms with Gasteiger partial charge >= 0.3 is 0 Å². The van der Waals surface area contributed by atoms with Gasteiger partial charge in [0.05, 0.1) is 23.5 Å². The number of nitrogens with one attached hydrogen (secondary N) is 2. The highest BCUT2D eigenvalue weighted by Crippen LogP contribution is 2.33. The maximum absolute atomic E-state index is 13.2. The fraction of sp³-hybridized carbons (Fsp3) is 0.458. The summed E-state index contributed by atoms with van der Waals surface area (Å²) in [5, 5.41) is 12.1. The summed E-state index contributed by atoms with van der Waals surface area (Å²) in [5.74, 6) is 0.612. The number of amides is 1. The van der Waals surface area contributed by atoms with E-state index in [1.165, 1.54) is 12.1 Å². The predicted molar refractivity (Wildman–Crippen MR) is 122 cm³/mol. The summed E-state index contributed by atoms with van der Waals surface area (Å²) in [5.41, 5.74) is 2.45. The van der Waals surface area contributed by atoms with Crippen LogP contribution >= 0.6 is 0 Å². The first kappa shape index (κ1) is 20.9. The van der Waals surface area contributed by atoms with E-state index in [1.54, 1.807) is 12.1 Å². The minimum absolute atomic E-state index is 0.0408. The molecule has 168 valence electrons. The molecule has 2 aromatic heterocycles. The largest absolute Gasteiger partial charge is 0.365 e. The Kier molecular flexibility index (Phi) is 5.78. The molecule has 0 saturated carbocycles. The van der Waals surface area contributed by atoms with Crippen molar-refractivity contribution in [1.82, 2.24) is 25.0 Å². The second-order valence-electron chi connectivity index (χ2n) is 8.97. The number of likely N-dealkylation sites (tertiary alicyclic amines) is 2. The van der Waals surface area contributed by atoms with E-state index < -0.39 is 0 Å². The van der Waals surface area contributed by atoms with Crippen LogP contribution in [0.1, 0.15) is 43.0 Å². The van der Waals surface area contributed by atoms with Gasteiger partial charge in [-0.3, -0.25) is 9.89 Å². The number of halogens is 1. The number of carbonyl (C=O) groups excluding carboxylic acids is 1. The van der Waals surface area contributed by atoms with Crippen LogP contribution in [0.2, 0.25) is 0 Å². The molecule has 7 nitrogen and oxygen atoms in total. The maximum Gasteiger partial charge on any atom is 0.227 e. The van der Waals surface area contributed by atoms with Crippen LogP contribution in [0.4, 0.5) is 10.2 Å². The molecule has 32 heavy (non-hydrogen) atoms. The van der Waals surface area contributed by atoms with Gasteiger partial charge < -0.3 is 15.1 Å². The van der Waals surface area contributed by atoms with Crippen LogP contribution in [0.5, 0.6) is 0 Å². The van der Waals surface area contributed by atoms with Crippen molar-refractivity contribution in [2.45, 2.75) is 44.2 Å². The van der Waals surface area contributed by atoms with Crippen LogP contribution < -0.4 is 5.32 Å². The number of hydrogen-bond donors (Lipinski definition) is 2. The van der Waals surface area contributed by atoms with Gasteiger partial charge in [0.15, 0.2) is 11.5 Å². The minimum Gasteiger partial charge on any atom is -0.365 e. The van der Waals surface area contributed by atoms with Crippen LogP contribution in [-0.2, 0) is 11.2 Å². The molecule has 1 atom stereocenters. The summed E-state index contributed by atoms with van der Waals surface area (Å²) in [7, 11) is 2.16. The maximum atomic E-state index is 13.2. The van der Waals surface area contributed by atoms with Crippen molar-refractivity contribution in [1.29, 1.82) is 0 Å². The van der Waals surface area contributed by atoms with Gasteiger partial charge in [-0.05, 0) is 75.6 Å². The zero-order valence-electron chi connectivity index (χ0n) is 18.4. The second-order valence-corrected chi connectivity index (χ2v) is 8.97. The molecule has 0 aliphatic carbocycles. The Labute approximate surface area is 187 Å². The molecule has 0 bridgehead atoms. The Hall–Kier alpha value is -3.00. The molecule has 4 heterocycles. The molecular formula is C24H29FN6O. The lowest BCUT2D eigenvalue weighted by atomic mass is 10.1. The monoisotopic (exact) mass is 436 g/mol. The molecule has 2 aliphatic heterocycles. The normalized spacial score (nSPS) is 20.2. The standard InChI is InChI=1S/C24H29FN6O/c1-30-13-10-18(11-14-30)26-23-19-8-9-20(27-24(19)29-28-23)21-3-2-12-31(21)22(32)15-16-4-6-17(25)7-5-16/h4-9,18,21H,2-3,10-15H2,1H3,(H2,26,27,28,29). The lowest BCUT2D eigenvalue weighted by Gasteiger charge is -2.29. The Morgan fingerprint density at radius 3 is 2.69 bits per heavy atom. The number of hydrogen-bond acceptors (Lipinski definition) is 5. The van der Waals surface area contributed by atoms with E-state index in [-0.39, 0.29) is 24.2 Å². The van der Waals surface area contributed by atoms with Crippen molar-refractivity contribution < 1.29 is 9.18 Å². The van der Waals surface area contributed by atoms with Gasteiger partial charge in [0.2, 0.25) is 5.91 Å². The number of rotatable bonds is 5. The number of H-pyrrole nitrogens is 1. The quantitative estimate of drug-likeness (QED) is 0.640. The SMILES string of the molecule is CN1CCC(Nc2n[nH]c3nc(C4CCCN4C(=O)Cc4ccc(F)cc4)ccc23)CC1. The number of benzene rings is 1. The van der Waals surface area contributed by atoms with Crippen molar-refractivity contribution >= 4 is 22.8 Å². The summed E-state index contributed by atoms with van der Waals surface area (Å²) in [6, 6.07) is 10.6. The lowest BCUT2D eigenvalue weighted by Crippen LogP contribution is -2.36. The van der Waals surface area contributed by atoms with Gasteiger partial charge in [-0.15, -0.1) is 0 Å². The highest BCUT2D eigenvalue weighted by Gasteiger charge is 2.31. The van der Waals surface area contributed by atoms with Crippen molar-refractivity contribution in [2.75, 3.05) is 32.0 Å². The molecule has 0 spiro atoms. The molecule has 2 saturated heterocycles. The van der Waals surface area contributed by atoms with E-state index in [0.717, 1.165) is 73.4 Å². The number of anilines is 1. The highest BCUT2D eigenvalue weighted by molar-refractivity contribution is 5.87. The molecule has 2 N–H and O–H groups in total. The first-order chi connectivity index (χ1) is 15.6. The number of fused-ring (bicyclic) bond motifs is 1. The van der Waals surface area contributed by atoms with Crippen LogP contribution in [-0.4, -0.2) is 63.6 Å². The van der Waals surface area contributed by atoms with E-state index in [1.807, 2.05) is 11.0 Å². The fourth-order valence-electron chi connectivity index (χ4n) is 4.81. The van der Waals surface area contributed by atoms with E-state index in [2.05, 4.69) is 33.5 Å². The highest BCUT2D eigenvalue weighted by atomic mass is 19.1. The third-order valence-electron chi connectivity index (χ3n) is 6.69. The summed E-state index contributed by atoms with van der Waals surface area (Å²) in [6.45, 7) is 2.90. The molecule has 3 aromatic rings. The molecule has 2 aliphatic rings. The molecule has 1 amide bonds. The van der Waals surface area contributed by atoms with Gasteiger partial charge in [0, 0.05) is 12.6 Å². The summed E-state index contributed by atoms with van der Waals surface area (Å²) in [4.78, 5) is 22.0. The van der Waals surface area contributed by atoms with Crippen molar-refractivity contribution in [3.8, 4) is 0 Å². The van der Waals surface area contributed by atoms with Crippen LogP contribution in [0.15, 0.2) is 36.4 Å². The number of nitrogens with zero attached hydrogens (tertiary/aromatic N) is 4. The number of piperidine rings is 1. The molecule has 5 rings (SSSR count). The zero-order chi connectivity index (χ0) is 22.1. The fourth-order valence-corrected chi connectivity index (χ4v) is 4.81. The summed E-state index contributed by atoms with van der Waals surface area (Å²) >= 11 is 0. The zero-order valence-corrected chi connectivity index (χ0v) is 18.4. The van der Waals surface area contributed by atoms with Gasteiger partial charge in [0.1, 0.15) is 5.82 Å². The van der Waals surface area contributed by atoms with E-state index >= 15 is 0 Å². The molecule has 8 heteroatoms. The number of aromatic nitrogens is 3. The van der Waals surface area contributed by atoms with Gasteiger partial charge in [0.25, 0.3) is 0 Å². The van der Waals surface area contributed by atoms with Crippen LogP contribution in [0, 0.1) is 5.82 Å². The lowest BCUT2D eigenvalue weighted by molar-refractivity contribution is -0.131. The summed E-state index contributed by atoms with van der Waals surface area (Å²) < 4.78 is 13.2. The Bertz CT molecular complexity index is 1090. The van der Waals surface area contributed by atoms with E-state index in [9.17, 15) is 9.18 Å². The van der Waals surface area contributed by atoms with Gasteiger partial charge in [-0.1, -0.05) is 12.1 Å². The molecule has 2 fully saturated rings. The predicted octanol–water partition coefficient (Wildman–Crippen LogP) is 3.51. The Balaban J connectivity index is 1.30. The molecule has 0 radical (unpaired) electrons. The van der Waals surface area contributed by atoms with Crippen molar-refractivity contribution in [3.63, 3.8) is 0 Å². The van der Waals surface area contributed by atoms with Crippen molar-refractivity contribution in [2.24, 2.45) is 0 Å². The Morgan fingerprint density at radius 2 is 1.91 bits per heavy atom. The Morgan fingerprint density at radius 1 is 1.12 bits per heavy atom. The minimum atomic E-state index is -0.290. The second kappa shape index (κ2) is 8.86. The average molecular weight is 437 g/mol. The summed E-state index contributed by atoms with van der Waals surface area (Å²) in [6.07, 6.45) is 4.31. The van der Waals surface area contributed by atoms with Crippen LogP contribution in [0.3, 0.4) is 0 Å².